The lowest BCUT2D eigenvalue weighted by Crippen LogP contribution is -2.65. The highest BCUT2D eigenvalue weighted by Gasteiger charge is 2.71. The van der Waals surface area contributed by atoms with E-state index in [9.17, 15) is 19.5 Å². The van der Waals surface area contributed by atoms with E-state index in [4.69, 9.17) is 9.47 Å². The SMILES string of the molecule is C=CC(=O)OCC12CC3(C)CC(C(=O)O)(C1)CC(C(=O)OC)(C3)C2. The number of carbonyl (C=O) groups is 3. The molecule has 1 N–H and O–H groups in total. The fourth-order valence-corrected chi connectivity index (χ4v) is 6.47. The van der Waals surface area contributed by atoms with Gasteiger partial charge in [0.25, 0.3) is 0 Å². The number of carboxylic acids is 1. The summed E-state index contributed by atoms with van der Waals surface area (Å²) in [6.45, 7) is 5.57. The molecule has 0 aromatic carbocycles. The molecule has 0 amide bonds. The number of methoxy groups -OCH3 is 1. The highest BCUT2D eigenvalue weighted by atomic mass is 16.5. The molecule has 4 atom stereocenters. The van der Waals surface area contributed by atoms with Crippen molar-refractivity contribution in [2.75, 3.05) is 13.7 Å². The molecule has 24 heavy (non-hydrogen) atoms. The van der Waals surface area contributed by atoms with Crippen LogP contribution >= 0.6 is 0 Å². The van der Waals surface area contributed by atoms with Crippen molar-refractivity contribution in [1.82, 2.24) is 0 Å². The van der Waals surface area contributed by atoms with Gasteiger partial charge in [-0.25, -0.2) is 4.79 Å². The highest BCUT2D eigenvalue weighted by Crippen LogP contribution is 2.74. The standard InChI is InChI=1S/C18H24O6/c1-4-12(19)24-11-16-5-15(2)6-17(8-16,13(20)21)10-18(7-15,9-16)14(22)23-3/h4H,1,5-11H2,2-3H3,(H,20,21). The van der Waals surface area contributed by atoms with Crippen LogP contribution in [0.15, 0.2) is 12.7 Å². The minimum absolute atomic E-state index is 0.126. The van der Waals surface area contributed by atoms with Crippen molar-refractivity contribution in [3.05, 3.63) is 12.7 Å². The zero-order valence-electron chi connectivity index (χ0n) is 14.2. The van der Waals surface area contributed by atoms with Gasteiger partial charge >= 0.3 is 17.9 Å². The van der Waals surface area contributed by atoms with E-state index in [0.29, 0.717) is 32.1 Å². The van der Waals surface area contributed by atoms with E-state index >= 15 is 0 Å². The molecule has 0 aromatic heterocycles. The monoisotopic (exact) mass is 336 g/mol. The Kier molecular flexibility index (Phi) is 3.59. The lowest BCUT2D eigenvalue weighted by Gasteiger charge is -2.67. The Morgan fingerprint density at radius 3 is 2.29 bits per heavy atom. The normalized spacial score (nSPS) is 42.4. The van der Waals surface area contributed by atoms with Gasteiger partial charge in [-0.15, -0.1) is 0 Å². The molecule has 0 aliphatic heterocycles. The van der Waals surface area contributed by atoms with Crippen LogP contribution in [0, 0.1) is 21.7 Å². The lowest BCUT2D eigenvalue weighted by molar-refractivity contribution is -0.227. The van der Waals surface area contributed by atoms with E-state index < -0.39 is 28.2 Å². The van der Waals surface area contributed by atoms with Gasteiger partial charge in [0, 0.05) is 11.5 Å². The van der Waals surface area contributed by atoms with Crippen molar-refractivity contribution in [2.45, 2.75) is 45.4 Å². The molecule has 4 aliphatic rings. The Morgan fingerprint density at radius 2 is 1.71 bits per heavy atom. The van der Waals surface area contributed by atoms with Crippen LogP contribution in [-0.2, 0) is 23.9 Å². The number of aliphatic carboxylic acids is 1. The number of hydrogen-bond acceptors (Lipinski definition) is 5. The molecule has 4 aliphatic carbocycles. The summed E-state index contributed by atoms with van der Waals surface area (Å²) in [4.78, 5) is 36.2. The number of carbonyl (C=O) groups excluding carboxylic acids is 2. The van der Waals surface area contributed by atoms with Gasteiger partial charge in [0.05, 0.1) is 24.5 Å². The maximum atomic E-state index is 12.6. The molecule has 0 heterocycles. The fraction of sp³-hybridized carbons (Fsp3) is 0.722. The molecule has 4 fully saturated rings. The van der Waals surface area contributed by atoms with Gasteiger partial charge in [-0.2, -0.15) is 0 Å². The van der Waals surface area contributed by atoms with Crippen LogP contribution in [0.3, 0.4) is 0 Å². The summed E-state index contributed by atoms with van der Waals surface area (Å²) in [6, 6.07) is 0. The number of ether oxygens (including phenoxy) is 2. The molecule has 0 spiro atoms. The summed E-state index contributed by atoms with van der Waals surface area (Å²) in [6.07, 6.45) is 4.33. The van der Waals surface area contributed by atoms with Crippen LogP contribution in [-0.4, -0.2) is 36.7 Å². The molecule has 4 saturated carbocycles. The number of rotatable bonds is 5. The van der Waals surface area contributed by atoms with Crippen molar-refractivity contribution in [3.8, 4) is 0 Å². The molecule has 0 saturated heterocycles. The van der Waals surface area contributed by atoms with Crippen LogP contribution in [0.1, 0.15) is 45.4 Å². The Morgan fingerprint density at radius 1 is 1.08 bits per heavy atom. The first kappa shape index (κ1) is 17.0. The number of carboxylic acid groups (broad SMARTS) is 1. The summed E-state index contributed by atoms with van der Waals surface area (Å²) in [5.74, 6) is -1.72. The first-order chi connectivity index (χ1) is 11.1. The molecule has 4 bridgehead atoms. The summed E-state index contributed by atoms with van der Waals surface area (Å²) >= 11 is 0. The first-order valence-electron chi connectivity index (χ1n) is 8.23. The van der Waals surface area contributed by atoms with Gasteiger partial charge in [0.15, 0.2) is 0 Å². The molecule has 0 radical (unpaired) electrons. The second-order valence-electron chi connectivity index (χ2n) is 8.54. The quantitative estimate of drug-likeness (QED) is 0.612. The van der Waals surface area contributed by atoms with Gasteiger partial charge in [-0.1, -0.05) is 13.5 Å². The molecular formula is C18H24O6. The van der Waals surface area contributed by atoms with Gasteiger partial charge in [-0.3, -0.25) is 9.59 Å². The Hall–Kier alpha value is -1.85. The van der Waals surface area contributed by atoms with E-state index in [1.54, 1.807) is 0 Å². The Labute approximate surface area is 141 Å². The Balaban J connectivity index is 2.02. The largest absolute Gasteiger partial charge is 0.481 e. The van der Waals surface area contributed by atoms with Gasteiger partial charge < -0.3 is 14.6 Å². The maximum Gasteiger partial charge on any atom is 0.330 e. The highest BCUT2D eigenvalue weighted by molar-refractivity contribution is 5.83. The summed E-state index contributed by atoms with van der Waals surface area (Å²) in [5.41, 5.74) is -2.49. The van der Waals surface area contributed by atoms with Gasteiger partial charge in [0.2, 0.25) is 0 Å². The van der Waals surface area contributed by atoms with E-state index in [0.717, 1.165) is 12.5 Å². The molecular weight excluding hydrogens is 312 g/mol. The summed E-state index contributed by atoms with van der Waals surface area (Å²) in [7, 11) is 1.35. The second kappa shape index (κ2) is 5.07. The van der Waals surface area contributed by atoms with Crippen LogP contribution in [0.4, 0.5) is 0 Å². The molecule has 4 unspecified atom stereocenters. The average molecular weight is 336 g/mol. The van der Waals surface area contributed by atoms with E-state index in [1.807, 2.05) is 6.92 Å². The number of esters is 2. The van der Waals surface area contributed by atoms with Crippen molar-refractivity contribution < 1.29 is 29.0 Å². The molecule has 132 valence electrons. The third-order valence-electron chi connectivity index (χ3n) is 6.20. The number of hydrogen-bond donors (Lipinski definition) is 1. The molecule has 6 heteroatoms. The predicted molar refractivity (Wildman–Crippen MR) is 83.9 cm³/mol. The minimum atomic E-state index is -0.946. The Bertz CT molecular complexity index is 627. The summed E-state index contributed by atoms with van der Waals surface area (Å²) < 4.78 is 10.3. The third-order valence-corrected chi connectivity index (χ3v) is 6.20. The van der Waals surface area contributed by atoms with Crippen molar-refractivity contribution in [3.63, 3.8) is 0 Å². The smallest absolute Gasteiger partial charge is 0.330 e. The van der Waals surface area contributed by atoms with Crippen LogP contribution < -0.4 is 0 Å². The molecule has 6 nitrogen and oxygen atoms in total. The first-order valence-corrected chi connectivity index (χ1v) is 8.23. The van der Waals surface area contributed by atoms with Crippen LogP contribution in [0.5, 0.6) is 0 Å². The van der Waals surface area contributed by atoms with Gasteiger partial charge in [0.1, 0.15) is 0 Å². The second-order valence-corrected chi connectivity index (χ2v) is 8.54. The molecule has 0 aromatic rings. The lowest BCUT2D eigenvalue weighted by atomic mass is 9.36. The summed E-state index contributed by atoms with van der Waals surface area (Å²) in [5, 5.41) is 9.92. The zero-order valence-corrected chi connectivity index (χ0v) is 14.2. The average Bonchev–Trinajstić information content (AvgIpc) is 2.49. The van der Waals surface area contributed by atoms with Crippen LogP contribution in [0.25, 0.3) is 0 Å². The van der Waals surface area contributed by atoms with Gasteiger partial charge in [-0.05, 0) is 43.9 Å². The third kappa shape index (κ3) is 2.34. The predicted octanol–water partition coefficient (Wildman–Crippen LogP) is 2.32. The topological polar surface area (TPSA) is 89.9 Å². The van der Waals surface area contributed by atoms with Crippen LogP contribution in [0.2, 0.25) is 0 Å². The van der Waals surface area contributed by atoms with Crippen molar-refractivity contribution in [2.24, 2.45) is 21.7 Å². The van der Waals surface area contributed by atoms with E-state index in [1.165, 1.54) is 7.11 Å². The fourth-order valence-electron chi connectivity index (χ4n) is 6.47. The van der Waals surface area contributed by atoms with E-state index in [-0.39, 0.29) is 18.0 Å². The van der Waals surface area contributed by atoms with E-state index in [2.05, 4.69) is 6.58 Å². The molecule has 4 rings (SSSR count). The van der Waals surface area contributed by atoms with Crippen molar-refractivity contribution in [1.29, 1.82) is 0 Å². The zero-order chi connectivity index (χ0) is 17.8. The van der Waals surface area contributed by atoms with Crippen molar-refractivity contribution >= 4 is 17.9 Å². The minimum Gasteiger partial charge on any atom is -0.481 e. The maximum absolute atomic E-state index is 12.6.